The second kappa shape index (κ2) is 8.53. The smallest absolute Gasteiger partial charge is 0.338 e. The van der Waals surface area contributed by atoms with E-state index in [-0.39, 0.29) is 11.1 Å². The Balaban J connectivity index is 2.01. The first kappa shape index (κ1) is 21.1. The van der Waals surface area contributed by atoms with E-state index in [2.05, 4.69) is 4.99 Å². The molecule has 0 amide bonds. The van der Waals surface area contributed by atoms with Gasteiger partial charge < -0.3 is 9.47 Å². The third-order valence-electron chi connectivity index (χ3n) is 5.05. The quantitative estimate of drug-likeness (QED) is 0.568. The summed E-state index contributed by atoms with van der Waals surface area (Å²) in [7, 11) is 2.89. The average molecular weight is 455 g/mol. The van der Waals surface area contributed by atoms with Crippen LogP contribution in [0.15, 0.2) is 69.6 Å². The number of nitrogens with zero attached hydrogens (tertiary/aromatic N) is 2. The Morgan fingerprint density at radius 1 is 1.16 bits per heavy atom. The number of thiazole rings is 1. The number of halogens is 1. The van der Waals surface area contributed by atoms with Crippen molar-refractivity contribution in [3.05, 3.63) is 95.6 Å². The van der Waals surface area contributed by atoms with Crippen molar-refractivity contribution >= 4 is 35.0 Å². The van der Waals surface area contributed by atoms with E-state index in [1.165, 1.54) is 23.0 Å². The number of aromatic nitrogens is 1. The maximum Gasteiger partial charge on any atom is 0.338 e. The number of carbonyl (C=O) groups is 1. The van der Waals surface area contributed by atoms with E-state index >= 15 is 0 Å². The summed E-state index contributed by atoms with van der Waals surface area (Å²) in [4.78, 5) is 31.2. The maximum absolute atomic E-state index is 13.5. The van der Waals surface area contributed by atoms with Crippen LogP contribution in [0.2, 0.25) is 5.02 Å². The fraction of sp³-hybridized carbons (Fsp3) is 0.174. The van der Waals surface area contributed by atoms with Crippen LogP contribution in [-0.2, 0) is 9.53 Å². The predicted molar refractivity (Wildman–Crippen MR) is 120 cm³/mol. The molecule has 1 aromatic heterocycles. The summed E-state index contributed by atoms with van der Waals surface area (Å²) in [6, 6.07) is 13.8. The minimum Gasteiger partial charge on any atom is -0.496 e. The lowest BCUT2D eigenvalue weighted by Gasteiger charge is -2.25. The highest BCUT2D eigenvalue weighted by Gasteiger charge is 2.34. The largest absolute Gasteiger partial charge is 0.496 e. The van der Waals surface area contributed by atoms with Gasteiger partial charge in [0, 0.05) is 10.6 Å². The van der Waals surface area contributed by atoms with Gasteiger partial charge in [-0.2, -0.15) is 0 Å². The van der Waals surface area contributed by atoms with Gasteiger partial charge >= 0.3 is 5.97 Å². The Bertz CT molecular complexity index is 1390. The molecule has 0 saturated carbocycles. The van der Waals surface area contributed by atoms with Crippen LogP contribution in [0.3, 0.4) is 0 Å². The molecule has 1 unspecified atom stereocenters. The Morgan fingerprint density at radius 2 is 1.87 bits per heavy atom. The van der Waals surface area contributed by atoms with Crippen molar-refractivity contribution in [2.24, 2.45) is 4.99 Å². The molecule has 0 aliphatic carbocycles. The molecule has 6 nitrogen and oxygen atoms in total. The zero-order valence-electron chi connectivity index (χ0n) is 17.1. The fourth-order valence-electron chi connectivity index (χ4n) is 3.61. The molecule has 4 rings (SSSR count). The third kappa shape index (κ3) is 3.71. The predicted octanol–water partition coefficient (Wildman–Crippen LogP) is 3.07. The highest BCUT2D eigenvalue weighted by molar-refractivity contribution is 7.07. The van der Waals surface area contributed by atoms with Gasteiger partial charge in [0.05, 0.1) is 30.0 Å². The summed E-state index contributed by atoms with van der Waals surface area (Å²) < 4.78 is 12.4. The lowest BCUT2D eigenvalue weighted by atomic mass is 9.96. The fourth-order valence-corrected chi connectivity index (χ4v) is 4.89. The summed E-state index contributed by atoms with van der Waals surface area (Å²) >= 11 is 7.72. The molecule has 158 valence electrons. The molecular weight excluding hydrogens is 436 g/mol. The first-order chi connectivity index (χ1) is 15.0. The van der Waals surface area contributed by atoms with Crippen molar-refractivity contribution in [3.63, 3.8) is 0 Å². The molecule has 2 heterocycles. The van der Waals surface area contributed by atoms with Crippen molar-refractivity contribution < 1.29 is 14.3 Å². The van der Waals surface area contributed by atoms with Crippen LogP contribution in [0.5, 0.6) is 5.75 Å². The Hall–Kier alpha value is -3.16. The number of hydrogen-bond donors (Lipinski definition) is 0. The van der Waals surface area contributed by atoms with E-state index in [1.807, 2.05) is 30.3 Å². The van der Waals surface area contributed by atoms with Gasteiger partial charge in [-0.05, 0) is 30.7 Å². The molecule has 2 aromatic carbocycles. The molecule has 0 fully saturated rings. The summed E-state index contributed by atoms with van der Waals surface area (Å²) in [5.74, 6) is 0.104. The van der Waals surface area contributed by atoms with Crippen LogP contribution >= 0.6 is 22.9 Å². The van der Waals surface area contributed by atoms with Gasteiger partial charge in [0.2, 0.25) is 0 Å². The van der Waals surface area contributed by atoms with E-state index < -0.39 is 12.0 Å². The van der Waals surface area contributed by atoms with Crippen molar-refractivity contribution in [2.45, 2.75) is 13.0 Å². The minimum atomic E-state index is -0.739. The lowest BCUT2D eigenvalue weighted by molar-refractivity contribution is -0.136. The van der Waals surface area contributed by atoms with E-state index in [0.717, 1.165) is 5.56 Å². The number of benzene rings is 2. The standard InChI is InChI=1S/C23H19ClN2O4S/c1-13-19(22(28)30-3)20(15-9-5-6-10-16(15)24)26-21(27)18(31-23(26)25-13)12-14-8-4-7-11-17(14)29-2/h4-12,20H,1-3H3/b18-12+. The molecule has 0 radical (unpaired) electrons. The van der Waals surface area contributed by atoms with Crippen molar-refractivity contribution in [1.29, 1.82) is 0 Å². The van der Waals surface area contributed by atoms with Crippen molar-refractivity contribution in [1.82, 2.24) is 4.57 Å². The summed E-state index contributed by atoms with van der Waals surface area (Å²) in [6.45, 7) is 1.73. The van der Waals surface area contributed by atoms with Gasteiger partial charge in [-0.25, -0.2) is 9.79 Å². The average Bonchev–Trinajstić information content (AvgIpc) is 3.07. The van der Waals surface area contributed by atoms with Crippen LogP contribution in [-0.4, -0.2) is 24.8 Å². The lowest BCUT2D eigenvalue weighted by Crippen LogP contribution is -2.39. The minimum absolute atomic E-state index is 0.270. The van der Waals surface area contributed by atoms with Gasteiger partial charge in [0.1, 0.15) is 11.8 Å². The number of esters is 1. The first-order valence-electron chi connectivity index (χ1n) is 9.44. The molecule has 8 heteroatoms. The van der Waals surface area contributed by atoms with Crippen LogP contribution in [0.4, 0.5) is 0 Å². The SMILES string of the molecule is COC(=O)C1=C(C)N=c2s/c(=C/c3ccccc3OC)c(=O)n2C1c1ccccc1Cl. The number of fused-ring (bicyclic) bond motifs is 1. The molecule has 31 heavy (non-hydrogen) atoms. The van der Waals surface area contributed by atoms with E-state index in [9.17, 15) is 9.59 Å². The maximum atomic E-state index is 13.5. The van der Waals surface area contributed by atoms with Crippen molar-refractivity contribution in [3.8, 4) is 5.75 Å². The third-order valence-corrected chi connectivity index (χ3v) is 6.38. The molecule has 3 aromatic rings. The molecule has 0 spiro atoms. The van der Waals surface area contributed by atoms with Gasteiger partial charge in [-0.15, -0.1) is 0 Å². The normalized spacial score (nSPS) is 16.0. The Labute approximate surface area is 187 Å². The van der Waals surface area contributed by atoms with E-state index in [4.69, 9.17) is 21.1 Å². The molecule has 1 atom stereocenters. The van der Waals surface area contributed by atoms with Gasteiger partial charge in [-0.1, -0.05) is 59.3 Å². The number of methoxy groups -OCH3 is 2. The first-order valence-corrected chi connectivity index (χ1v) is 10.6. The summed E-state index contributed by atoms with van der Waals surface area (Å²) in [6.07, 6.45) is 1.77. The molecule has 1 aliphatic rings. The summed E-state index contributed by atoms with van der Waals surface area (Å²) in [5, 5.41) is 0.447. The van der Waals surface area contributed by atoms with Crippen LogP contribution in [0.1, 0.15) is 24.1 Å². The molecular formula is C23H19ClN2O4S. The summed E-state index contributed by atoms with van der Waals surface area (Å²) in [5.41, 5.74) is 1.90. The molecule has 0 N–H and O–H groups in total. The molecule has 0 saturated heterocycles. The number of ether oxygens (including phenoxy) is 2. The Morgan fingerprint density at radius 3 is 2.58 bits per heavy atom. The second-order valence-corrected chi connectivity index (χ2v) is 8.25. The number of rotatable bonds is 4. The van der Waals surface area contributed by atoms with Crippen molar-refractivity contribution in [2.75, 3.05) is 14.2 Å². The number of hydrogen-bond acceptors (Lipinski definition) is 6. The van der Waals surface area contributed by atoms with E-state index in [1.54, 1.807) is 38.3 Å². The topological polar surface area (TPSA) is 69.9 Å². The van der Waals surface area contributed by atoms with Gasteiger partial charge in [0.15, 0.2) is 4.80 Å². The number of para-hydroxylation sites is 1. The van der Waals surface area contributed by atoms with E-state index in [0.29, 0.717) is 31.4 Å². The zero-order valence-corrected chi connectivity index (χ0v) is 18.7. The van der Waals surface area contributed by atoms with Crippen LogP contribution in [0.25, 0.3) is 6.08 Å². The van der Waals surface area contributed by atoms with Gasteiger partial charge in [-0.3, -0.25) is 9.36 Å². The highest BCUT2D eigenvalue weighted by Crippen LogP contribution is 2.34. The van der Waals surface area contributed by atoms with Crippen LogP contribution in [0, 0.1) is 0 Å². The number of allylic oxidation sites excluding steroid dienone is 1. The Kier molecular flexibility index (Phi) is 5.80. The monoisotopic (exact) mass is 454 g/mol. The van der Waals surface area contributed by atoms with Gasteiger partial charge in [0.25, 0.3) is 5.56 Å². The zero-order chi connectivity index (χ0) is 22.1. The number of carbonyl (C=O) groups excluding carboxylic acids is 1. The van der Waals surface area contributed by atoms with Crippen LogP contribution < -0.4 is 19.6 Å². The molecule has 0 bridgehead atoms. The second-order valence-electron chi connectivity index (χ2n) is 6.84. The highest BCUT2D eigenvalue weighted by atomic mass is 35.5. The molecule has 1 aliphatic heterocycles.